The zero-order chi connectivity index (χ0) is 12.4. The Bertz CT molecular complexity index is 568. The summed E-state index contributed by atoms with van der Waals surface area (Å²) in [5.41, 5.74) is 6.29. The van der Waals surface area contributed by atoms with Crippen LogP contribution in [0.15, 0.2) is 30.6 Å². The van der Waals surface area contributed by atoms with Gasteiger partial charge in [-0.15, -0.1) is 0 Å². The third-order valence-electron chi connectivity index (χ3n) is 2.27. The van der Waals surface area contributed by atoms with Crippen LogP contribution in [0, 0.1) is 5.82 Å². The average molecular weight is 270 g/mol. The second-order valence-electron chi connectivity index (χ2n) is 3.49. The highest BCUT2D eigenvalue weighted by atomic mass is 35.5. The third-order valence-corrected chi connectivity index (χ3v) is 2.76. The van der Waals surface area contributed by atoms with Crippen molar-refractivity contribution in [3.05, 3.63) is 52.8 Å². The number of hydrogen-bond acceptors (Lipinski definition) is 2. The van der Waals surface area contributed by atoms with Crippen molar-refractivity contribution in [2.24, 2.45) is 5.73 Å². The molecule has 0 bridgehead atoms. The second-order valence-corrected chi connectivity index (χ2v) is 4.34. The fourth-order valence-corrected chi connectivity index (χ4v) is 1.78. The van der Waals surface area contributed by atoms with Gasteiger partial charge in [-0.2, -0.15) is 0 Å². The fraction of sp³-hybridized carbons (Fsp3) is 0.0909. The quantitative estimate of drug-likeness (QED) is 0.870. The number of thiocarbonyl (C=S) groups is 1. The molecule has 1 aromatic heterocycles. The summed E-state index contributed by atoms with van der Waals surface area (Å²) in [6.45, 7) is 0.445. The highest BCUT2D eigenvalue weighted by molar-refractivity contribution is 7.80. The molecular weight excluding hydrogens is 261 g/mol. The molecule has 0 spiro atoms. The largest absolute Gasteiger partial charge is 0.387 e. The summed E-state index contributed by atoms with van der Waals surface area (Å²) in [5, 5.41) is 0.106. The van der Waals surface area contributed by atoms with Crippen LogP contribution in [-0.2, 0) is 6.54 Å². The predicted molar refractivity (Wildman–Crippen MR) is 68.6 cm³/mol. The van der Waals surface area contributed by atoms with Gasteiger partial charge in [0.1, 0.15) is 10.8 Å². The molecule has 2 aromatic rings. The third kappa shape index (κ3) is 2.62. The van der Waals surface area contributed by atoms with E-state index in [2.05, 4.69) is 4.98 Å². The minimum atomic E-state index is -0.443. The zero-order valence-electron chi connectivity index (χ0n) is 8.73. The summed E-state index contributed by atoms with van der Waals surface area (Å²) < 4.78 is 15.0. The molecule has 6 heteroatoms. The molecule has 17 heavy (non-hydrogen) atoms. The van der Waals surface area contributed by atoms with E-state index in [1.165, 1.54) is 12.1 Å². The number of nitrogens with zero attached hydrogens (tertiary/aromatic N) is 2. The Balaban J connectivity index is 2.28. The van der Waals surface area contributed by atoms with E-state index in [9.17, 15) is 4.39 Å². The smallest absolute Gasteiger partial charge is 0.167 e. The van der Waals surface area contributed by atoms with E-state index in [4.69, 9.17) is 29.6 Å². The number of rotatable bonds is 3. The normalized spacial score (nSPS) is 10.5. The Labute approximate surface area is 108 Å². The van der Waals surface area contributed by atoms with E-state index < -0.39 is 5.82 Å². The summed E-state index contributed by atoms with van der Waals surface area (Å²) in [6, 6.07) is 4.64. The number of benzene rings is 1. The Morgan fingerprint density at radius 3 is 2.94 bits per heavy atom. The van der Waals surface area contributed by atoms with Crippen LogP contribution in [0.25, 0.3) is 0 Å². The van der Waals surface area contributed by atoms with Crippen LogP contribution in [0.1, 0.15) is 11.4 Å². The van der Waals surface area contributed by atoms with Gasteiger partial charge in [-0.1, -0.05) is 29.9 Å². The first-order chi connectivity index (χ1) is 8.08. The first-order valence-corrected chi connectivity index (χ1v) is 5.61. The average Bonchev–Trinajstić information content (AvgIpc) is 2.72. The minimum absolute atomic E-state index is 0.106. The van der Waals surface area contributed by atoms with Gasteiger partial charge in [-0.3, -0.25) is 0 Å². The summed E-state index contributed by atoms with van der Waals surface area (Å²) >= 11 is 10.5. The summed E-state index contributed by atoms with van der Waals surface area (Å²) in [6.07, 6.45) is 3.34. The molecule has 0 saturated carbocycles. The van der Waals surface area contributed by atoms with Crippen LogP contribution in [0.2, 0.25) is 5.02 Å². The molecule has 0 unspecified atom stereocenters. The lowest BCUT2D eigenvalue weighted by atomic mass is 10.2. The lowest BCUT2D eigenvalue weighted by molar-refractivity contribution is 0.624. The molecule has 0 fully saturated rings. The maximum atomic E-state index is 13.3. The Hall–Kier alpha value is -1.46. The molecular formula is C11H9ClFN3S. The summed E-state index contributed by atoms with van der Waals surface area (Å²) in [4.78, 5) is 4.24. The molecule has 0 aliphatic rings. The van der Waals surface area contributed by atoms with Crippen molar-refractivity contribution in [3.8, 4) is 0 Å². The number of hydrogen-bond donors (Lipinski definition) is 1. The number of imidazole rings is 1. The van der Waals surface area contributed by atoms with Crippen molar-refractivity contribution in [1.29, 1.82) is 0 Å². The van der Waals surface area contributed by atoms with Crippen LogP contribution in [0.3, 0.4) is 0 Å². The standard InChI is InChI=1S/C11H9ClFN3S/c12-8-2-1-7(5-9(8)13)6-16-4-3-15-11(16)10(14)17/h1-5H,6H2,(H2,14,17). The van der Waals surface area contributed by atoms with Crippen molar-refractivity contribution in [2.75, 3.05) is 0 Å². The molecule has 0 saturated heterocycles. The van der Waals surface area contributed by atoms with Crippen molar-refractivity contribution in [2.45, 2.75) is 6.54 Å². The minimum Gasteiger partial charge on any atom is -0.387 e. The number of halogens is 2. The molecule has 1 heterocycles. The Morgan fingerprint density at radius 1 is 1.53 bits per heavy atom. The monoisotopic (exact) mass is 269 g/mol. The van der Waals surface area contributed by atoms with Gasteiger partial charge in [0.05, 0.1) is 5.02 Å². The molecule has 3 nitrogen and oxygen atoms in total. The highest BCUT2D eigenvalue weighted by Crippen LogP contribution is 2.16. The first-order valence-electron chi connectivity index (χ1n) is 4.83. The van der Waals surface area contributed by atoms with Gasteiger partial charge in [-0.05, 0) is 17.7 Å². The van der Waals surface area contributed by atoms with E-state index in [0.717, 1.165) is 5.56 Å². The summed E-state index contributed by atoms with van der Waals surface area (Å²) in [5.74, 6) is 0.0662. The van der Waals surface area contributed by atoms with Gasteiger partial charge in [0.2, 0.25) is 0 Å². The second kappa shape index (κ2) is 4.81. The lowest BCUT2D eigenvalue weighted by Crippen LogP contribution is -2.17. The van der Waals surface area contributed by atoms with Crippen molar-refractivity contribution in [3.63, 3.8) is 0 Å². The molecule has 2 N–H and O–H groups in total. The molecule has 0 aliphatic carbocycles. The van der Waals surface area contributed by atoms with Crippen LogP contribution in [-0.4, -0.2) is 14.5 Å². The maximum Gasteiger partial charge on any atom is 0.167 e. The van der Waals surface area contributed by atoms with E-state index in [1.807, 2.05) is 0 Å². The van der Waals surface area contributed by atoms with Gasteiger partial charge in [0.25, 0.3) is 0 Å². The Kier molecular flexibility index (Phi) is 3.40. The van der Waals surface area contributed by atoms with E-state index in [0.29, 0.717) is 12.4 Å². The molecule has 0 atom stereocenters. The molecule has 0 amide bonds. The van der Waals surface area contributed by atoms with Crippen molar-refractivity contribution >= 4 is 28.8 Å². The van der Waals surface area contributed by atoms with Crippen LogP contribution >= 0.6 is 23.8 Å². The molecule has 0 radical (unpaired) electrons. The van der Waals surface area contributed by atoms with Crippen LogP contribution in [0.4, 0.5) is 4.39 Å². The van der Waals surface area contributed by atoms with Gasteiger partial charge < -0.3 is 10.3 Å². The van der Waals surface area contributed by atoms with E-state index >= 15 is 0 Å². The fourth-order valence-electron chi connectivity index (χ4n) is 1.50. The highest BCUT2D eigenvalue weighted by Gasteiger charge is 2.07. The molecule has 88 valence electrons. The van der Waals surface area contributed by atoms with E-state index in [-0.39, 0.29) is 10.0 Å². The van der Waals surface area contributed by atoms with Gasteiger partial charge in [0, 0.05) is 18.9 Å². The van der Waals surface area contributed by atoms with Crippen molar-refractivity contribution < 1.29 is 4.39 Å². The Morgan fingerprint density at radius 2 is 2.29 bits per heavy atom. The predicted octanol–water partition coefficient (Wildman–Crippen LogP) is 2.36. The lowest BCUT2D eigenvalue weighted by Gasteiger charge is -2.07. The molecule has 1 aromatic carbocycles. The van der Waals surface area contributed by atoms with Gasteiger partial charge in [0.15, 0.2) is 5.82 Å². The SMILES string of the molecule is NC(=S)c1nccn1Cc1ccc(Cl)c(F)c1. The number of nitrogens with two attached hydrogens (primary N) is 1. The molecule has 0 aliphatic heterocycles. The van der Waals surface area contributed by atoms with Crippen LogP contribution < -0.4 is 5.73 Å². The summed E-state index contributed by atoms with van der Waals surface area (Å²) in [7, 11) is 0. The topological polar surface area (TPSA) is 43.8 Å². The molecule has 2 rings (SSSR count). The van der Waals surface area contributed by atoms with Gasteiger partial charge >= 0.3 is 0 Å². The van der Waals surface area contributed by atoms with Gasteiger partial charge in [-0.25, -0.2) is 9.37 Å². The number of aromatic nitrogens is 2. The van der Waals surface area contributed by atoms with E-state index in [1.54, 1.807) is 23.0 Å². The van der Waals surface area contributed by atoms with Crippen LogP contribution in [0.5, 0.6) is 0 Å². The zero-order valence-corrected chi connectivity index (χ0v) is 10.3. The van der Waals surface area contributed by atoms with Crippen molar-refractivity contribution in [1.82, 2.24) is 9.55 Å². The maximum absolute atomic E-state index is 13.3. The first kappa shape index (κ1) is 12.0.